The lowest BCUT2D eigenvalue weighted by molar-refractivity contribution is -0.336. The molecule has 230 valence electrons. The molecule has 0 radical (unpaired) electrons. The highest BCUT2D eigenvalue weighted by molar-refractivity contribution is 6.07. The molecule has 15 heteroatoms. The van der Waals surface area contributed by atoms with E-state index in [1.165, 1.54) is 6.07 Å². The Labute approximate surface area is 234 Å². The summed E-state index contributed by atoms with van der Waals surface area (Å²) in [7, 11) is 0. The van der Waals surface area contributed by atoms with Crippen LogP contribution < -0.4 is 0 Å². The molecule has 1 unspecified atom stereocenters. The maximum absolute atomic E-state index is 15.0. The molecule has 1 aliphatic carbocycles. The quantitative estimate of drug-likeness (QED) is 0.112. The fourth-order valence-electron chi connectivity index (χ4n) is 4.40. The van der Waals surface area contributed by atoms with E-state index < -0.39 is 65.6 Å². The Bertz CT molecular complexity index is 1530. The Morgan fingerprint density at radius 1 is 0.721 bits per heavy atom. The van der Waals surface area contributed by atoms with Gasteiger partial charge in [0, 0.05) is 5.56 Å². The average molecular weight is 627 g/mol. The van der Waals surface area contributed by atoms with Gasteiger partial charge in [-0.05, 0) is 46.9 Å². The largest absolute Gasteiger partial charge is 0.460 e. The van der Waals surface area contributed by atoms with Crippen LogP contribution in [0.4, 0.5) is 52.7 Å². The molecule has 0 heterocycles. The van der Waals surface area contributed by atoms with E-state index in [0.717, 1.165) is 36.4 Å². The number of rotatable bonds is 8. The molecule has 4 rings (SSSR count). The number of hydrogen-bond acceptors (Lipinski definition) is 3. The van der Waals surface area contributed by atoms with Crippen LogP contribution in [0.2, 0.25) is 0 Å². The van der Waals surface area contributed by atoms with Crippen LogP contribution in [-0.2, 0) is 11.2 Å². The third-order valence-corrected chi connectivity index (χ3v) is 6.48. The highest BCUT2D eigenvalue weighted by Crippen LogP contribution is 2.49. The normalized spacial score (nSPS) is 15.1. The van der Waals surface area contributed by atoms with Crippen LogP contribution in [0.1, 0.15) is 27.0 Å². The average Bonchev–Trinajstić information content (AvgIpc) is 3.28. The van der Waals surface area contributed by atoms with Crippen molar-refractivity contribution in [3.63, 3.8) is 0 Å². The number of carbonyl (C=O) groups excluding carboxylic acids is 1. The van der Waals surface area contributed by atoms with Gasteiger partial charge in [0.05, 0.1) is 5.56 Å². The van der Waals surface area contributed by atoms with Crippen LogP contribution in [-0.4, -0.2) is 54.4 Å². The van der Waals surface area contributed by atoms with Crippen molar-refractivity contribution in [2.24, 2.45) is 4.99 Å². The lowest BCUT2D eigenvalue weighted by Gasteiger charge is -2.31. The molecule has 0 spiro atoms. The number of esters is 1. The van der Waals surface area contributed by atoms with Crippen LogP contribution in [0.25, 0.3) is 11.1 Å². The molecule has 3 aromatic carbocycles. The Morgan fingerprint density at radius 3 is 1.91 bits per heavy atom. The van der Waals surface area contributed by atoms with E-state index in [1.54, 1.807) is 24.3 Å². The number of aliphatic imine (C=N–C) groups is 1. The van der Waals surface area contributed by atoms with E-state index >= 15 is 0 Å². The van der Waals surface area contributed by atoms with Crippen molar-refractivity contribution >= 4 is 11.7 Å². The van der Waals surface area contributed by atoms with Gasteiger partial charge in [-0.3, -0.25) is 4.99 Å². The Morgan fingerprint density at radius 2 is 1.30 bits per heavy atom. The fourth-order valence-corrected chi connectivity index (χ4v) is 4.40. The summed E-state index contributed by atoms with van der Waals surface area (Å²) in [4.78, 5) is 14.6. The van der Waals surface area contributed by atoms with Gasteiger partial charge in [0.2, 0.25) is 0 Å². The van der Waals surface area contributed by atoms with Crippen LogP contribution in [0.5, 0.6) is 0 Å². The second-order valence-electron chi connectivity index (χ2n) is 9.47. The molecule has 0 aromatic heterocycles. The molecule has 3 nitrogen and oxygen atoms in total. The maximum Gasteiger partial charge on any atom is 0.460 e. The maximum atomic E-state index is 15.0. The van der Waals surface area contributed by atoms with Crippen molar-refractivity contribution in [3.05, 3.63) is 95.1 Å². The first-order chi connectivity index (χ1) is 19.8. The molecule has 0 bridgehead atoms. The standard InChI is InChI=1S/C28H17F12NO2/c29-24(30,23(26(33,34)35)43-22(42)15-6-2-1-3-7-15)14-41-21(25(31,32)27(36,37)28(38,39)40)17-10-11-20-18(13-17)12-16-8-4-5-9-19(16)20/h1-11,13,23H,12,14H2/b41-21-. The highest BCUT2D eigenvalue weighted by Gasteiger charge is 2.75. The molecule has 43 heavy (non-hydrogen) atoms. The number of benzene rings is 3. The molecular weight excluding hydrogens is 610 g/mol. The number of halogens is 12. The second kappa shape index (κ2) is 10.9. The zero-order valence-corrected chi connectivity index (χ0v) is 21.2. The van der Waals surface area contributed by atoms with Gasteiger partial charge in [0.15, 0.2) is 0 Å². The van der Waals surface area contributed by atoms with Gasteiger partial charge in [-0.1, -0.05) is 54.6 Å². The van der Waals surface area contributed by atoms with Gasteiger partial charge < -0.3 is 4.74 Å². The third-order valence-electron chi connectivity index (χ3n) is 6.48. The number of nitrogens with zero attached hydrogens (tertiary/aromatic N) is 1. The van der Waals surface area contributed by atoms with Gasteiger partial charge >= 0.3 is 36.1 Å². The summed E-state index contributed by atoms with van der Waals surface area (Å²) in [5.74, 6) is -20.5. The van der Waals surface area contributed by atoms with Crippen LogP contribution in [0.15, 0.2) is 77.8 Å². The second-order valence-corrected chi connectivity index (χ2v) is 9.47. The zero-order chi connectivity index (χ0) is 32.0. The summed E-state index contributed by atoms with van der Waals surface area (Å²) in [5.41, 5.74) is -2.60. The number of fused-ring (bicyclic) bond motifs is 3. The van der Waals surface area contributed by atoms with E-state index in [4.69, 9.17) is 0 Å². The SMILES string of the molecule is O=C(OC(C(F)(F)F)C(F)(F)C/N=C(/c1ccc2c(c1)Cc1ccccc1-2)C(F)(F)C(F)(F)C(F)(F)F)c1ccccc1. The first-order valence-corrected chi connectivity index (χ1v) is 12.1. The van der Waals surface area contributed by atoms with Gasteiger partial charge in [0.1, 0.15) is 12.3 Å². The summed E-state index contributed by atoms with van der Waals surface area (Å²) in [6, 6.07) is 14.3. The highest BCUT2D eigenvalue weighted by atomic mass is 19.4. The minimum absolute atomic E-state index is 0.00436. The summed E-state index contributed by atoms with van der Waals surface area (Å²) in [6.45, 7) is -2.70. The predicted octanol–water partition coefficient (Wildman–Crippen LogP) is 8.30. The predicted molar refractivity (Wildman–Crippen MR) is 129 cm³/mol. The van der Waals surface area contributed by atoms with Gasteiger partial charge in [-0.15, -0.1) is 0 Å². The van der Waals surface area contributed by atoms with Gasteiger partial charge in [-0.2, -0.15) is 43.9 Å². The molecule has 0 aliphatic heterocycles. The van der Waals surface area contributed by atoms with Crippen molar-refractivity contribution in [1.82, 2.24) is 0 Å². The Hall–Kier alpha value is -4.04. The van der Waals surface area contributed by atoms with Crippen LogP contribution >= 0.6 is 0 Å². The zero-order valence-electron chi connectivity index (χ0n) is 21.2. The van der Waals surface area contributed by atoms with Crippen molar-refractivity contribution in [2.75, 3.05) is 6.54 Å². The van der Waals surface area contributed by atoms with Crippen molar-refractivity contribution < 1.29 is 62.2 Å². The lowest BCUT2D eigenvalue weighted by Crippen LogP contribution is -2.57. The Kier molecular flexibility index (Phi) is 8.09. The van der Waals surface area contributed by atoms with E-state index in [1.807, 2.05) is 0 Å². The number of carbonyl (C=O) groups is 1. The third kappa shape index (κ3) is 6.07. The Balaban J connectivity index is 1.77. The van der Waals surface area contributed by atoms with E-state index in [2.05, 4.69) is 9.73 Å². The molecule has 0 amide bonds. The van der Waals surface area contributed by atoms with E-state index in [0.29, 0.717) is 22.8 Å². The molecule has 0 saturated heterocycles. The van der Waals surface area contributed by atoms with Gasteiger partial charge in [0.25, 0.3) is 6.10 Å². The van der Waals surface area contributed by atoms with Gasteiger partial charge in [-0.25, -0.2) is 13.6 Å². The molecule has 1 aliphatic rings. The first kappa shape index (κ1) is 31.9. The summed E-state index contributed by atoms with van der Waals surface area (Å²) in [6.07, 6.45) is -17.3. The van der Waals surface area contributed by atoms with E-state index in [-0.39, 0.29) is 12.0 Å². The minimum Gasteiger partial charge on any atom is -0.442 e. The van der Waals surface area contributed by atoms with Crippen molar-refractivity contribution in [3.8, 4) is 11.1 Å². The van der Waals surface area contributed by atoms with E-state index in [9.17, 15) is 57.5 Å². The smallest absolute Gasteiger partial charge is 0.442 e. The number of alkyl halides is 12. The number of ether oxygens (including phenoxy) is 1. The van der Waals surface area contributed by atoms with Crippen LogP contribution in [0, 0.1) is 0 Å². The molecule has 1 atom stereocenters. The molecule has 0 N–H and O–H groups in total. The molecule has 0 fully saturated rings. The monoisotopic (exact) mass is 627 g/mol. The van der Waals surface area contributed by atoms with Crippen molar-refractivity contribution in [2.45, 2.75) is 42.6 Å². The first-order valence-electron chi connectivity index (χ1n) is 12.1. The van der Waals surface area contributed by atoms with Crippen molar-refractivity contribution in [1.29, 1.82) is 0 Å². The lowest BCUT2D eigenvalue weighted by atomic mass is 9.95. The summed E-state index contributed by atoms with van der Waals surface area (Å²) >= 11 is 0. The van der Waals surface area contributed by atoms with Crippen LogP contribution in [0.3, 0.4) is 0 Å². The molecule has 3 aromatic rings. The summed E-state index contributed by atoms with van der Waals surface area (Å²) < 4.78 is 172. The number of hydrogen-bond donors (Lipinski definition) is 0. The molecule has 0 saturated carbocycles. The minimum atomic E-state index is -6.91. The fraction of sp³-hybridized carbons (Fsp3) is 0.286. The molecular formula is C28H17F12NO2. The summed E-state index contributed by atoms with van der Waals surface area (Å²) in [5, 5.41) is 0. The topological polar surface area (TPSA) is 38.7 Å².